The summed E-state index contributed by atoms with van der Waals surface area (Å²) in [5, 5.41) is 4.72. The summed E-state index contributed by atoms with van der Waals surface area (Å²) in [7, 11) is -3.67. The molecule has 0 fully saturated rings. The van der Waals surface area contributed by atoms with Crippen LogP contribution in [-0.4, -0.2) is 35.3 Å². The van der Waals surface area contributed by atoms with Gasteiger partial charge >= 0.3 is 6.18 Å². The Kier molecular flexibility index (Phi) is 4.45. The monoisotopic (exact) mass is 369 g/mol. The molecule has 2 aromatic rings. The second-order valence-corrected chi connectivity index (χ2v) is 7.01. The zero-order valence-electron chi connectivity index (χ0n) is 11.7. The Morgan fingerprint density at radius 2 is 2.04 bits per heavy atom. The molecule has 8 nitrogen and oxygen atoms in total. The third kappa shape index (κ3) is 4.27. The Hall–Kier alpha value is -1.99. The number of amides is 1. The summed E-state index contributed by atoms with van der Waals surface area (Å²) in [4.78, 5) is 17.2. The second-order valence-electron chi connectivity index (χ2n) is 4.42. The quantitative estimate of drug-likeness (QED) is 0.778. The summed E-state index contributed by atoms with van der Waals surface area (Å²) in [5.41, 5.74) is 0.735. The lowest BCUT2D eigenvalue weighted by Crippen LogP contribution is -2.41. The SMILES string of the molecule is Cc1cc(C(F)(F)F)n(-c2nc(C(=O)NNS(C)(=O)=O)cs2)n1. The fourth-order valence-corrected chi connectivity index (χ4v) is 2.56. The number of carbonyl (C=O) groups is 1. The molecular weight excluding hydrogens is 359 g/mol. The third-order valence-electron chi connectivity index (χ3n) is 2.38. The minimum atomic E-state index is -4.63. The number of alkyl halides is 3. The number of sulfonamides is 1. The Balaban J connectivity index is 2.28. The smallest absolute Gasteiger partial charge is 0.272 e. The van der Waals surface area contributed by atoms with E-state index in [1.165, 1.54) is 12.3 Å². The predicted octanol–water partition coefficient (Wildman–Crippen LogP) is 0.850. The average molecular weight is 369 g/mol. The molecule has 0 unspecified atom stereocenters. The van der Waals surface area contributed by atoms with Gasteiger partial charge in [-0.15, -0.1) is 16.2 Å². The van der Waals surface area contributed by atoms with E-state index in [0.717, 1.165) is 23.7 Å². The van der Waals surface area contributed by atoms with Crippen molar-refractivity contribution in [3.05, 3.63) is 28.5 Å². The predicted molar refractivity (Wildman–Crippen MR) is 74.4 cm³/mol. The number of thiazole rings is 1. The van der Waals surface area contributed by atoms with Crippen LogP contribution in [0.4, 0.5) is 13.2 Å². The molecule has 2 N–H and O–H groups in total. The van der Waals surface area contributed by atoms with Gasteiger partial charge in [-0.3, -0.25) is 10.2 Å². The number of hydrazine groups is 1. The maximum atomic E-state index is 12.9. The van der Waals surface area contributed by atoms with Gasteiger partial charge in [-0.2, -0.15) is 18.3 Å². The summed E-state index contributed by atoms with van der Waals surface area (Å²) in [5.74, 6) is -0.907. The van der Waals surface area contributed by atoms with Crippen LogP contribution in [0.3, 0.4) is 0 Å². The van der Waals surface area contributed by atoms with Crippen molar-refractivity contribution in [1.29, 1.82) is 0 Å². The van der Waals surface area contributed by atoms with Crippen LogP contribution in [0.1, 0.15) is 21.9 Å². The van der Waals surface area contributed by atoms with Crippen LogP contribution in [0.25, 0.3) is 5.13 Å². The average Bonchev–Trinajstić information content (AvgIpc) is 3.00. The van der Waals surface area contributed by atoms with Gasteiger partial charge in [0.05, 0.1) is 11.9 Å². The van der Waals surface area contributed by atoms with Gasteiger partial charge in [0.15, 0.2) is 5.69 Å². The van der Waals surface area contributed by atoms with Gasteiger partial charge in [-0.25, -0.2) is 18.1 Å². The summed E-state index contributed by atoms with van der Waals surface area (Å²) in [6, 6.07) is 0.854. The molecule has 23 heavy (non-hydrogen) atoms. The molecule has 0 aromatic carbocycles. The van der Waals surface area contributed by atoms with Gasteiger partial charge < -0.3 is 0 Å². The minimum absolute atomic E-state index is 0.136. The Morgan fingerprint density at radius 3 is 2.61 bits per heavy atom. The molecule has 0 spiro atoms. The molecule has 0 saturated heterocycles. The number of halogens is 3. The van der Waals surface area contributed by atoms with Crippen LogP contribution in [0.2, 0.25) is 0 Å². The number of aromatic nitrogens is 3. The lowest BCUT2D eigenvalue weighted by atomic mass is 10.3. The molecule has 0 aliphatic rings. The van der Waals surface area contributed by atoms with E-state index in [2.05, 4.69) is 10.1 Å². The highest BCUT2D eigenvalue weighted by Gasteiger charge is 2.36. The van der Waals surface area contributed by atoms with E-state index in [0.29, 0.717) is 4.68 Å². The zero-order chi connectivity index (χ0) is 17.4. The second kappa shape index (κ2) is 5.90. The first kappa shape index (κ1) is 17.4. The van der Waals surface area contributed by atoms with Crippen LogP contribution >= 0.6 is 11.3 Å². The Bertz CT molecular complexity index is 840. The molecular formula is C10H10F3N5O3S2. The highest BCUT2D eigenvalue weighted by Crippen LogP contribution is 2.32. The molecule has 0 saturated carbocycles. The van der Waals surface area contributed by atoms with Crippen LogP contribution in [0, 0.1) is 6.92 Å². The largest absolute Gasteiger partial charge is 0.433 e. The topological polar surface area (TPSA) is 106 Å². The first-order valence-electron chi connectivity index (χ1n) is 5.84. The van der Waals surface area contributed by atoms with Crippen molar-refractivity contribution >= 4 is 27.3 Å². The molecule has 1 amide bonds. The van der Waals surface area contributed by atoms with Crippen LogP contribution in [0.15, 0.2) is 11.4 Å². The number of aryl methyl sites for hydroxylation is 1. The van der Waals surface area contributed by atoms with Crippen molar-refractivity contribution in [2.45, 2.75) is 13.1 Å². The van der Waals surface area contributed by atoms with Gasteiger partial charge in [0, 0.05) is 5.38 Å². The van der Waals surface area contributed by atoms with E-state index in [-0.39, 0.29) is 16.5 Å². The summed E-state index contributed by atoms with van der Waals surface area (Å²) in [6.45, 7) is 1.39. The molecule has 2 heterocycles. The fraction of sp³-hybridized carbons (Fsp3) is 0.300. The number of rotatable bonds is 4. The molecule has 0 aliphatic heterocycles. The Labute approximate surface area is 132 Å². The summed E-state index contributed by atoms with van der Waals surface area (Å²) >= 11 is 0.759. The standard InChI is InChI=1S/C10H10F3N5O3S2/c1-5-3-7(10(11,12)13)18(16-5)9-14-6(4-22-9)8(19)15-17-23(2,20)21/h3-4,17H,1-2H3,(H,15,19). The molecule has 13 heteroatoms. The lowest BCUT2D eigenvalue weighted by molar-refractivity contribution is -0.142. The van der Waals surface area contributed by atoms with Crippen LogP contribution < -0.4 is 10.3 Å². The fourth-order valence-electron chi connectivity index (χ4n) is 1.52. The van der Waals surface area contributed by atoms with E-state index < -0.39 is 27.8 Å². The minimum Gasteiger partial charge on any atom is -0.272 e. The van der Waals surface area contributed by atoms with E-state index >= 15 is 0 Å². The maximum absolute atomic E-state index is 12.9. The number of carbonyl (C=O) groups excluding carboxylic acids is 1. The number of nitrogens with one attached hydrogen (secondary N) is 2. The first-order chi connectivity index (χ1) is 10.5. The molecule has 2 aromatic heterocycles. The lowest BCUT2D eigenvalue weighted by Gasteiger charge is -2.07. The summed E-state index contributed by atoms with van der Waals surface area (Å²) in [6.07, 6.45) is -3.81. The molecule has 0 bridgehead atoms. The first-order valence-corrected chi connectivity index (χ1v) is 8.61. The van der Waals surface area contributed by atoms with Crippen molar-refractivity contribution in [2.24, 2.45) is 0 Å². The van der Waals surface area contributed by atoms with E-state index in [9.17, 15) is 26.4 Å². The van der Waals surface area contributed by atoms with E-state index in [4.69, 9.17) is 0 Å². The summed E-state index contributed by atoms with van der Waals surface area (Å²) < 4.78 is 61.1. The zero-order valence-corrected chi connectivity index (χ0v) is 13.3. The van der Waals surface area contributed by atoms with Gasteiger partial charge in [-0.05, 0) is 13.0 Å². The highest BCUT2D eigenvalue weighted by atomic mass is 32.2. The van der Waals surface area contributed by atoms with Crippen LogP contribution in [0.5, 0.6) is 0 Å². The van der Waals surface area contributed by atoms with Crippen molar-refractivity contribution < 1.29 is 26.4 Å². The normalized spacial score (nSPS) is 12.4. The Morgan fingerprint density at radius 1 is 1.39 bits per heavy atom. The molecule has 126 valence electrons. The third-order valence-corrected chi connectivity index (χ3v) is 3.67. The van der Waals surface area contributed by atoms with Crippen molar-refractivity contribution in [2.75, 3.05) is 6.26 Å². The highest BCUT2D eigenvalue weighted by molar-refractivity contribution is 7.88. The molecule has 0 radical (unpaired) electrons. The van der Waals surface area contributed by atoms with Gasteiger partial charge in [-0.1, -0.05) is 0 Å². The number of hydrogen-bond acceptors (Lipinski definition) is 6. The maximum Gasteiger partial charge on any atom is 0.433 e. The van der Waals surface area contributed by atoms with Crippen molar-refractivity contribution in [3.63, 3.8) is 0 Å². The number of nitrogens with zero attached hydrogens (tertiary/aromatic N) is 3. The van der Waals surface area contributed by atoms with Gasteiger partial charge in [0.25, 0.3) is 5.91 Å². The molecule has 0 aliphatic carbocycles. The van der Waals surface area contributed by atoms with Gasteiger partial charge in [0.2, 0.25) is 15.2 Å². The molecule has 0 atom stereocenters. The molecule has 2 rings (SSSR count). The van der Waals surface area contributed by atoms with Gasteiger partial charge in [0.1, 0.15) is 5.69 Å². The van der Waals surface area contributed by atoms with Crippen LogP contribution in [-0.2, 0) is 16.2 Å². The van der Waals surface area contributed by atoms with E-state index in [1.807, 2.05) is 5.43 Å². The van der Waals surface area contributed by atoms with Crippen molar-refractivity contribution in [3.8, 4) is 5.13 Å². The number of hydrogen-bond donors (Lipinski definition) is 2. The van der Waals surface area contributed by atoms with Crippen molar-refractivity contribution in [1.82, 2.24) is 25.0 Å². The van der Waals surface area contributed by atoms with E-state index in [1.54, 1.807) is 4.83 Å².